The maximum absolute atomic E-state index is 13.4. The zero-order valence-corrected chi connectivity index (χ0v) is 14.6. The number of aromatic nitrogens is 3. The largest absolute Gasteiger partial charge is 0.405 e. The van der Waals surface area contributed by atoms with Crippen LogP contribution in [-0.4, -0.2) is 70.3 Å². The van der Waals surface area contributed by atoms with Crippen LogP contribution in [0.15, 0.2) is 12.3 Å². The van der Waals surface area contributed by atoms with Crippen LogP contribution in [0, 0.1) is 13.8 Å². The highest BCUT2D eigenvalue weighted by Gasteiger charge is 2.43. The smallest absolute Gasteiger partial charge is 0.350 e. The van der Waals surface area contributed by atoms with Crippen molar-refractivity contribution in [3.05, 3.63) is 29.2 Å². The molecule has 0 bridgehead atoms. The summed E-state index contributed by atoms with van der Waals surface area (Å²) in [6, 6.07) is 0.0520. The van der Waals surface area contributed by atoms with E-state index in [0.29, 0.717) is 37.5 Å². The third kappa shape index (κ3) is 3.80. The van der Waals surface area contributed by atoms with Crippen LogP contribution in [0.25, 0.3) is 5.65 Å². The molecule has 2 aromatic heterocycles. The highest BCUT2D eigenvalue weighted by atomic mass is 19.4. The van der Waals surface area contributed by atoms with Gasteiger partial charge in [-0.3, -0.25) is 9.69 Å². The van der Waals surface area contributed by atoms with Crippen LogP contribution in [0.1, 0.15) is 21.7 Å². The number of carbonyl (C=O) groups excluding carboxylic acids is 1. The second-order valence-corrected chi connectivity index (χ2v) is 6.37. The number of aryl methyl sites for hydroxylation is 2. The number of fused-ring (bicyclic) bond motifs is 1. The van der Waals surface area contributed by atoms with Gasteiger partial charge in [-0.15, -0.1) is 0 Å². The lowest BCUT2D eigenvalue weighted by atomic mass is 10.2. The van der Waals surface area contributed by atoms with Gasteiger partial charge in [0.2, 0.25) is 0 Å². The Kier molecular flexibility index (Phi) is 5.15. The standard InChI is InChI=1S/C16H21F3N6O/c1-10-7-14-21-8-12(11(2)25(14)23-10)15(26)22-9-13(16(17,18)19)24-5-3-20-4-6-24/h7-8,13,20H,3-6,9H2,1-2H3,(H,22,26). The molecule has 1 aliphatic rings. The number of halogens is 3. The SMILES string of the molecule is Cc1cc2ncc(C(=O)NCC(N3CCNCC3)C(F)(F)F)c(C)n2n1. The Morgan fingerprint density at radius 2 is 2.04 bits per heavy atom. The Balaban J connectivity index is 1.75. The third-order valence-corrected chi connectivity index (χ3v) is 4.52. The van der Waals surface area contributed by atoms with E-state index in [2.05, 4.69) is 20.7 Å². The molecule has 3 rings (SSSR count). The molecule has 10 heteroatoms. The summed E-state index contributed by atoms with van der Waals surface area (Å²) in [5.74, 6) is -0.588. The first-order valence-electron chi connectivity index (χ1n) is 8.39. The van der Waals surface area contributed by atoms with Crippen molar-refractivity contribution >= 4 is 11.6 Å². The van der Waals surface area contributed by atoms with Crippen molar-refractivity contribution in [3.8, 4) is 0 Å². The molecule has 1 unspecified atom stereocenters. The number of nitrogens with zero attached hydrogens (tertiary/aromatic N) is 4. The zero-order chi connectivity index (χ0) is 18.9. The van der Waals surface area contributed by atoms with E-state index in [1.165, 1.54) is 15.6 Å². The second kappa shape index (κ2) is 7.20. The van der Waals surface area contributed by atoms with Gasteiger partial charge in [-0.25, -0.2) is 9.50 Å². The molecule has 1 saturated heterocycles. The topological polar surface area (TPSA) is 74.6 Å². The number of piperazine rings is 1. The Morgan fingerprint density at radius 1 is 1.35 bits per heavy atom. The molecule has 1 aliphatic heterocycles. The Bertz CT molecular complexity index is 797. The van der Waals surface area contributed by atoms with Crippen LogP contribution in [0.4, 0.5) is 13.2 Å². The van der Waals surface area contributed by atoms with Crippen LogP contribution in [0.5, 0.6) is 0 Å². The van der Waals surface area contributed by atoms with Gasteiger partial charge in [0.15, 0.2) is 5.65 Å². The number of nitrogens with one attached hydrogen (secondary N) is 2. The lowest BCUT2D eigenvalue weighted by molar-refractivity contribution is -0.183. The molecular weight excluding hydrogens is 349 g/mol. The van der Waals surface area contributed by atoms with Gasteiger partial charge in [0, 0.05) is 45.0 Å². The van der Waals surface area contributed by atoms with Crippen molar-refractivity contribution in [2.24, 2.45) is 0 Å². The fourth-order valence-electron chi connectivity index (χ4n) is 3.12. The molecule has 0 spiro atoms. The predicted octanol–water partition coefficient (Wildman–Crippen LogP) is 0.912. The first-order valence-corrected chi connectivity index (χ1v) is 8.39. The fraction of sp³-hybridized carbons (Fsp3) is 0.562. The van der Waals surface area contributed by atoms with Crippen LogP contribution in [0.3, 0.4) is 0 Å². The minimum absolute atomic E-state index is 0.210. The average molecular weight is 370 g/mol. The van der Waals surface area contributed by atoms with Gasteiger partial charge in [0.05, 0.1) is 17.0 Å². The summed E-state index contributed by atoms with van der Waals surface area (Å²) < 4.78 is 41.7. The van der Waals surface area contributed by atoms with Gasteiger partial charge >= 0.3 is 6.18 Å². The summed E-state index contributed by atoms with van der Waals surface area (Å²) in [4.78, 5) is 17.9. The predicted molar refractivity (Wildman–Crippen MR) is 89.1 cm³/mol. The van der Waals surface area contributed by atoms with Crippen LogP contribution < -0.4 is 10.6 Å². The van der Waals surface area contributed by atoms with Crippen LogP contribution in [-0.2, 0) is 0 Å². The van der Waals surface area contributed by atoms with E-state index in [9.17, 15) is 18.0 Å². The molecule has 2 aromatic rings. The number of alkyl halides is 3. The van der Waals surface area contributed by atoms with Crippen LogP contribution >= 0.6 is 0 Å². The minimum Gasteiger partial charge on any atom is -0.350 e. The highest BCUT2D eigenvalue weighted by Crippen LogP contribution is 2.25. The number of amides is 1. The van der Waals surface area contributed by atoms with E-state index in [0.717, 1.165) is 5.69 Å². The third-order valence-electron chi connectivity index (χ3n) is 4.52. The Hall–Kier alpha value is -2.20. The van der Waals surface area contributed by atoms with Gasteiger partial charge in [-0.2, -0.15) is 18.3 Å². The molecule has 26 heavy (non-hydrogen) atoms. The van der Waals surface area contributed by atoms with E-state index in [4.69, 9.17) is 0 Å². The van der Waals surface area contributed by atoms with Gasteiger partial charge in [0.1, 0.15) is 6.04 Å². The summed E-state index contributed by atoms with van der Waals surface area (Å²) in [6.45, 7) is 4.57. The average Bonchev–Trinajstić information content (AvgIpc) is 2.96. The number of hydrogen-bond donors (Lipinski definition) is 2. The van der Waals surface area contributed by atoms with E-state index in [1.54, 1.807) is 19.9 Å². The highest BCUT2D eigenvalue weighted by molar-refractivity contribution is 5.95. The molecule has 7 nitrogen and oxygen atoms in total. The molecule has 0 aromatic carbocycles. The van der Waals surface area contributed by atoms with Crippen molar-refractivity contribution < 1.29 is 18.0 Å². The quantitative estimate of drug-likeness (QED) is 0.837. The molecule has 1 fully saturated rings. The second-order valence-electron chi connectivity index (χ2n) is 6.37. The molecule has 1 atom stereocenters. The van der Waals surface area contributed by atoms with E-state index in [-0.39, 0.29) is 5.56 Å². The summed E-state index contributed by atoms with van der Waals surface area (Å²) in [5, 5.41) is 9.68. The number of rotatable bonds is 4. The van der Waals surface area contributed by atoms with Gasteiger partial charge < -0.3 is 10.6 Å². The van der Waals surface area contributed by atoms with Crippen molar-refractivity contribution in [1.29, 1.82) is 0 Å². The van der Waals surface area contributed by atoms with Crippen molar-refractivity contribution in [2.75, 3.05) is 32.7 Å². The molecule has 0 saturated carbocycles. The first kappa shape index (κ1) is 18.6. The molecule has 3 heterocycles. The van der Waals surface area contributed by atoms with Gasteiger partial charge in [-0.1, -0.05) is 0 Å². The number of hydrogen-bond acceptors (Lipinski definition) is 5. The monoisotopic (exact) mass is 370 g/mol. The van der Waals surface area contributed by atoms with Crippen LogP contribution in [0.2, 0.25) is 0 Å². The van der Waals surface area contributed by atoms with Crippen molar-refractivity contribution in [3.63, 3.8) is 0 Å². The van der Waals surface area contributed by atoms with Crippen molar-refractivity contribution in [1.82, 2.24) is 30.1 Å². The molecular formula is C16H21F3N6O. The van der Waals surface area contributed by atoms with E-state index in [1.807, 2.05) is 0 Å². The molecule has 0 radical (unpaired) electrons. The maximum Gasteiger partial charge on any atom is 0.405 e. The lowest BCUT2D eigenvalue weighted by Gasteiger charge is -2.35. The van der Waals surface area contributed by atoms with Gasteiger partial charge in [-0.05, 0) is 13.8 Å². The summed E-state index contributed by atoms with van der Waals surface area (Å²) in [7, 11) is 0. The van der Waals surface area contributed by atoms with E-state index < -0.39 is 24.7 Å². The molecule has 1 amide bonds. The fourth-order valence-corrected chi connectivity index (χ4v) is 3.12. The Morgan fingerprint density at radius 3 is 2.69 bits per heavy atom. The zero-order valence-electron chi connectivity index (χ0n) is 14.6. The summed E-state index contributed by atoms with van der Waals surface area (Å²) in [6.07, 6.45) is -3.05. The normalized spacial score (nSPS) is 17.4. The number of carbonyl (C=O) groups is 1. The summed E-state index contributed by atoms with van der Waals surface area (Å²) in [5.41, 5.74) is 2.08. The molecule has 2 N–H and O–H groups in total. The van der Waals surface area contributed by atoms with E-state index >= 15 is 0 Å². The first-order chi connectivity index (χ1) is 12.3. The van der Waals surface area contributed by atoms with Crippen molar-refractivity contribution in [2.45, 2.75) is 26.1 Å². The molecule has 0 aliphatic carbocycles. The Labute approximate surface area is 148 Å². The minimum atomic E-state index is -4.42. The summed E-state index contributed by atoms with van der Waals surface area (Å²) >= 11 is 0. The maximum atomic E-state index is 13.4. The lowest BCUT2D eigenvalue weighted by Crippen LogP contribution is -2.57. The van der Waals surface area contributed by atoms with Gasteiger partial charge in [0.25, 0.3) is 5.91 Å². The molecule has 142 valence electrons.